The Morgan fingerprint density at radius 3 is 3.22 bits per heavy atom. The van der Waals surface area contributed by atoms with E-state index in [0.717, 1.165) is 36.7 Å². The van der Waals surface area contributed by atoms with Gasteiger partial charge in [0.05, 0.1) is 11.7 Å². The molecule has 18 heavy (non-hydrogen) atoms. The molecule has 2 aliphatic rings. The minimum atomic E-state index is -0.138. The van der Waals surface area contributed by atoms with E-state index < -0.39 is 0 Å². The van der Waals surface area contributed by atoms with Gasteiger partial charge in [0.15, 0.2) is 11.6 Å². The molecule has 2 aliphatic heterocycles. The monoisotopic (exact) mass is 262 g/mol. The summed E-state index contributed by atoms with van der Waals surface area (Å²) in [7, 11) is 0. The summed E-state index contributed by atoms with van der Waals surface area (Å²) >= 11 is 5.92. The molecule has 0 radical (unpaired) electrons. The zero-order valence-corrected chi connectivity index (χ0v) is 10.6. The van der Waals surface area contributed by atoms with E-state index >= 15 is 0 Å². The third kappa shape index (κ3) is 1.09. The van der Waals surface area contributed by atoms with Crippen molar-refractivity contribution < 1.29 is 0 Å². The molecule has 0 spiro atoms. The molecule has 4 heterocycles. The van der Waals surface area contributed by atoms with Crippen LogP contribution in [0.5, 0.6) is 0 Å². The second-order valence-corrected chi connectivity index (χ2v) is 5.24. The average Bonchev–Trinajstić information content (AvgIpc) is 2.95. The molecule has 1 saturated heterocycles. The minimum Gasteiger partial charge on any atom is -0.342 e. The number of hydrogen-bond acceptors (Lipinski definition) is 5. The van der Waals surface area contributed by atoms with Gasteiger partial charge < -0.3 is 4.90 Å². The molecule has 2 aromatic heterocycles. The lowest BCUT2D eigenvalue weighted by Gasteiger charge is -2.39. The number of hydrogen-bond donors (Lipinski definition) is 0. The first-order chi connectivity index (χ1) is 8.70. The molecule has 0 unspecified atom stereocenters. The first kappa shape index (κ1) is 10.3. The minimum absolute atomic E-state index is 0.138. The van der Waals surface area contributed by atoms with Crippen molar-refractivity contribution in [2.75, 3.05) is 11.4 Å². The van der Waals surface area contributed by atoms with Crippen LogP contribution in [0.15, 0.2) is 12.5 Å². The van der Waals surface area contributed by atoms with Gasteiger partial charge in [-0.05, 0) is 31.4 Å². The molecule has 0 amide bonds. The fourth-order valence-corrected chi connectivity index (χ4v) is 3.16. The highest BCUT2D eigenvalue weighted by molar-refractivity contribution is 6.28. The van der Waals surface area contributed by atoms with Gasteiger partial charge in [0.1, 0.15) is 12.0 Å². The maximum Gasteiger partial charge on any atom is 0.224 e. The maximum atomic E-state index is 5.92. The van der Waals surface area contributed by atoms with Crippen LogP contribution in [0.25, 0.3) is 5.69 Å². The number of halogens is 1. The lowest BCUT2D eigenvalue weighted by molar-refractivity contribution is 0.436. The van der Waals surface area contributed by atoms with Crippen LogP contribution in [0.2, 0.25) is 5.28 Å². The fourth-order valence-electron chi connectivity index (χ4n) is 3.03. The number of fused-ring (bicyclic) bond motifs is 6. The maximum absolute atomic E-state index is 5.92. The van der Waals surface area contributed by atoms with Gasteiger partial charge in [-0.25, -0.2) is 4.98 Å². The Kier molecular flexibility index (Phi) is 1.82. The quantitative estimate of drug-likeness (QED) is 0.674. The summed E-state index contributed by atoms with van der Waals surface area (Å²) in [6.07, 6.45) is 5.61. The second kappa shape index (κ2) is 3.20. The van der Waals surface area contributed by atoms with Gasteiger partial charge in [0.2, 0.25) is 5.28 Å². The van der Waals surface area contributed by atoms with Crippen LogP contribution >= 0.6 is 11.6 Å². The van der Waals surface area contributed by atoms with Crippen molar-refractivity contribution in [2.45, 2.75) is 25.3 Å². The lowest BCUT2D eigenvalue weighted by atomic mass is 9.96. The largest absolute Gasteiger partial charge is 0.342 e. The highest BCUT2D eigenvalue weighted by atomic mass is 35.5. The van der Waals surface area contributed by atoms with Crippen molar-refractivity contribution in [1.82, 2.24) is 24.7 Å². The molecule has 4 rings (SSSR count). The van der Waals surface area contributed by atoms with E-state index in [4.69, 9.17) is 11.6 Å². The Morgan fingerprint density at radius 1 is 1.44 bits per heavy atom. The number of nitrogens with zero attached hydrogens (tertiary/aromatic N) is 6. The Bertz CT molecular complexity index is 638. The van der Waals surface area contributed by atoms with Crippen molar-refractivity contribution in [3.05, 3.63) is 23.6 Å². The molecular weight excluding hydrogens is 252 g/mol. The molecule has 92 valence electrons. The normalized spacial score (nSPS) is 24.7. The third-order valence-electron chi connectivity index (χ3n) is 3.91. The molecule has 7 heteroatoms. The van der Waals surface area contributed by atoms with Gasteiger partial charge in [0.25, 0.3) is 0 Å². The summed E-state index contributed by atoms with van der Waals surface area (Å²) in [5.41, 5.74) is 0.764. The van der Waals surface area contributed by atoms with E-state index in [-0.39, 0.29) is 10.8 Å². The summed E-state index contributed by atoms with van der Waals surface area (Å²) in [6, 6.07) is 0. The standard InChI is InChI=1S/C11H11ClN6/c1-11-3-2-4-18(11)8-7(5-13-10(12)15-8)17-6-14-16-9(11)17/h5-6H,2-4H2,1H3/t11-/m0/s1. The predicted molar refractivity (Wildman–Crippen MR) is 65.9 cm³/mol. The summed E-state index contributed by atoms with van der Waals surface area (Å²) in [6.45, 7) is 3.14. The van der Waals surface area contributed by atoms with E-state index in [0.29, 0.717) is 0 Å². The number of aromatic nitrogens is 5. The van der Waals surface area contributed by atoms with Crippen LogP contribution in [0.4, 0.5) is 5.82 Å². The van der Waals surface area contributed by atoms with E-state index in [1.807, 2.05) is 4.57 Å². The Hall–Kier alpha value is -1.69. The SMILES string of the molecule is C[C@@]12CCCN1c1nc(Cl)ncc1-n1cnnc12. The van der Waals surface area contributed by atoms with Crippen molar-refractivity contribution >= 4 is 17.4 Å². The number of anilines is 1. The highest BCUT2D eigenvalue weighted by Gasteiger charge is 2.47. The van der Waals surface area contributed by atoms with Crippen molar-refractivity contribution in [2.24, 2.45) is 0 Å². The van der Waals surface area contributed by atoms with E-state index in [9.17, 15) is 0 Å². The second-order valence-electron chi connectivity index (χ2n) is 4.90. The topological polar surface area (TPSA) is 59.7 Å². The molecule has 1 atom stereocenters. The number of rotatable bonds is 0. The van der Waals surface area contributed by atoms with Crippen LogP contribution in [-0.2, 0) is 5.54 Å². The summed E-state index contributed by atoms with van der Waals surface area (Å²) in [5.74, 6) is 1.83. The molecule has 0 saturated carbocycles. The van der Waals surface area contributed by atoms with Crippen molar-refractivity contribution in [3.63, 3.8) is 0 Å². The van der Waals surface area contributed by atoms with Gasteiger partial charge in [-0.15, -0.1) is 10.2 Å². The van der Waals surface area contributed by atoms with Gasteiger partial charge in [0, 0.05) is 6.54 Å². The predicted octanol–water partition coefficient (Wildman–Crippen LogP) is 1.54. The third-order valence-corrected chi connectivity index (χ3v) is 4.09. The first-order valence-corrected chi connectivity index (χ1v) is 6.29. The molecular formula is C11H11ClN6. The van der Waals surface area contributed by atoms with E-state index in [1.165, 1.54) is 0 Å². The van der Waals surface area contributed by atoms with Crippen LogP contribution < -0.4 is 4.90 Å². The summed E-state index contributed by atoms with van der Waals surface area (Å²) < 4.78 is 1.97. The fraction of sp³-hybridized carbons (Fsp3) is 0.455. The van der Waals surface area contributed by atoms with Crippen molar-refractivity contribution in [1.29, 1.82) is 0 Å². The summed E-state index contributed by atoms with van der Waals surface area (Å²) in [5, 5.41) is 8.58. The van der Waals surface area contributed by atoms with E-state index in [2.05, 4.69) is 32.0 Å². The lowest BCUT2D eigenvalue weighted by Crippen LogP contribution is -2.44. The zero-order valence-electron chi connectivity index (χ0n) is 9.84. The van der Waals surface area contributed by atoms with Gasteiger partial charge in [-0.3, -0.25) is 4.57 Å². The highest BCUT2D eigenvalue weighted by Crippen LogP contribution is 2.46. The van der Waals surface area contributed by atoms with Gasteiger partial charge in [-0.2, -0.15) is 4.98 Å². The van der Waals surface area contributed by atoms with Crippen molar-refractivity contribution in [3.8, 4) is 5.69 Å². The van der Waals surface area contributed by atoms with E-state index in [1.54, 1.807) is 12.5 Å². The van der Waals surface area contributed by atoms with Gasteiger partial charge >= 0.3 is 0 Å². The molecule has 0 bridgehead atoms. The first-order valence-electron chi connectivity index (χ1n) is 5.91. The zero-order chi connectivity index (χ0) is 12.3. The van der Waals surface area contributed by atoms with Crippen LogP contribution in [-0.4, -0.2) is 31.3 Å². The molecule has 2 aromatic rings. The Balaban J connectivity index is 2.07. The van der Waals surface area contributed by atoms with Gasteiger partial charge in [-0.1, -0.05) is 0 Å². The van der Waals surface area contributed by atoms with Crippen LogP contribution in [0.3, 0.4) is 0 Å². The molecule has 0 aliphatic carbocycles. The molecule has 1 fully saturated rings. The molecule has 0 N–H and O–H groups in total. The Labute approximate surface area is 109 Å². The van der Waals surface area contributed by atoms with Crippen LogP contribution in [0.1, 0.15) is 25.6 Å². The smallest absolute Gasteiger partial charge is 0.224 e. The van der Waals surface area contributed by atoms with Crippen LogP contribution in [0, 0.1) is 0 Å². The molecule has 0 aromatic carbocycles. The summed E-state index contributed by atoms with van der Waals surface area (Å²) in [4.78, 5) is 10.7. The average molecular weight is 263 g/mol. The molecule has 6 nitrogen and oxygen atoms in total. The Morgan fingerprint density at radius 2 is 2.33 bits per heavy atom.